The van der Waals surface area contributed by atoms with E-state index in [0.717, 1.165) is 0 Å². The number of terminal acetylenes is 1. The maximum absolute atomic E-state index is 13.1. The largest absolute Gasteiger partial charge is 0.458 e. The number of esters is 1. The van der Waals surface area contributed by atoms with Crippen LogP contribution in [-0.4, -0.2) is 12.1 Å². The smallest absolute Gasteiger partial charge is 0.341 e. The van der Waals surface area contributed by atoms with Crippen molar-refractivity contribution >= 4 is 5.97 Å². The Morgan fingerprint density at radius 2 is 2.27 bits per heavy atom. The Kier molecular flexibility index (Phi) is 3.87. The number of hydrogen-bond donors (Lipinski definition) is 0. The SMILES string of the molecule is C#CCC(C)OC(=O)c1ccccc1F. The van der Waals surface area contributed by atoms with Gasteiger partial charge in [-0.3, -0.25) is 0 Å². The molecule has 1 aromatic rings. The number of hydrogen-bond acceptors (Lipinski definition) is 2. The molecule has 2 nitrogen and oxygen atoms in total. The highest BCUT2D eigenvalue weighted by Crippen LogP contribution is 2.10. The minimum absolute atomic E-state index is 0.0682. The monoisotopic (exact) mass is 206 g/mol. The number of carbonyl (C=O) groups excluding carboxylic acids is 1. The molecule has 0 aliphatic heterocycles. The van der Waals surface area contributed by atoms with E-state index >= 15 is 0 Å². The first kappa shape index (κ1) is 11.3. The van der Waals surface area contributed by atoms with Gasteiger partial charge in [0, 0.05) is 6.42 Å². The van der Waals surface area contributed by atoms with E-state index in [4.69, 9.17) is 11.2 Å². The summed E-state index contributed by atoms with van der Waals surface area (Å²) in [5.41, 5.74) is -0.0682. The van der Waals surface area contributed by atoms with Crippen molar-refractivity contribution in [3.63, 3.8) is 0 Å². The van der Waals surface area contributed by atoms with Crippen molar-refractivity contribution in [1.29, 1.82) is 0 Å². The molecule has 0 saturated carbocycles. The van der Waals surface area contributed by atoms with Crippen LogP contribution in [0.5, 0.6) is 0 Å². The van der Waals surface area contributed by atoms with E-state index in [0.29, 0.717) is 6.42 Å². The summed E-state index contributed by atoms with van der Waals surface area (Å²) in [6, 6.07) is 5.67. The molecule has 0 saturated heterocycles. The molecule has 1 atom stereocenters. The fourth-order valence-electron chi connectivity index (χ4n) is 1.08. The first-order valence-electron chi connectivity index (χ1n) is 4.54. The molecule has 0 spiro atoms. The number of benzene rings is 1. The molecular formula is C12H11FO2. The summed E-state index contributed by atoms with van der Waals surface area (Å²) in [5.74, 6) is 1.10. The van der Waals surface area contributed by atoms with Crippen molar-refractivity contribution in [2.45, 2.75) is 19.4 Å². The van der Waals surface area contributed by atoms with Crippen LogP contribution in [0.4, 0.5) is 4.39 Å². The van der Waals surface area contributed by atoms with Gasteiger partial charge in [-0.15, -0.1) is 12.3 Å². The summed E-state index contributed by atoms with van der Waals surface area (Å²) in [4.78, 5) is 11.4. The average molecular weight is 206 g/mol. The zero-order chi connectivity index (χ0) is 11.3. The van der Waals surface area contributed by atoms with Crippen LogP contribution in [0.1, 0.15) is 23.7 Å². The van der Waals surface area contributed by atoms with Crippen molar-refractivity contribution in [2.75, 3.05) is 0 Å². The molecule has 0 heterocycles. The Morgan fingerprint density at radius 1 is 1.60 bits per heavy atom. The second kappa shape index (κ2) is 5.16. The van der Waals surface area contributed by atoms with E-state index in [-0.39, 0.29) is 5.56 Å². The topological polar surface area (TPSA) is 26.3 Å². The lowest BCUT2D eigenvalue weighted by Crippen LogP contribution is -2.15. The molecule has 0 aliphatic rings. The van der Waals surface area contributed by atoms with E-state index in [1.54, 1.807) is 13.0 Å². The van der Waals surface area contributed by atoms with Crippen LogP contribution in [-0.2, 0) is 4.74 Å². The van der Waals surface area contributed by atoms with Gasteiger partial charge in [-0.2, -0.15) is 0 Å². The lowest BCUT2D eigenvalue weighted by molar-refractivity contribution is 0.0347. The molecule has 0 radical (unpaired) electrons. The van der Waals surface area contributed by atoms with E-state index in [2.05, 4.69) is 5.92 Å². The Bertz CT molecular complexity index is 393. The van der Waals surface area contributed by atoms with Gasteiger partial charge in [-0.25, -0.2) is 9.18 Å². The highest BCUT2D eigenvalue weighted by atomic mass is 19.1. The minimum atomic E-state index is -0.684. The predicted octanol–water partition coefficient (Wildman–Crippen LogP) is 2.39. The number of rotatable bonds is 3. The van der Waals surface area contributed by atoms with Crippen molar-refractivity contribution in [2.24, 2.45) is 0 Å². The van der Waals surface area contributed by atoms with Gasteiger partial charge in [-0.05, 0) is 19.1 Å². The normalized spacial score (nSPS) is 11.5. The van der Waals surface area contributed by atoms with Gasteiger partial charge in [0.25, 0.3) is 0 Å². The fraction of sp³-hybridized carbons (Fsp3) is 0.250. The van der Waals surface area contributed by atoms with Crippen LogP contribution in [0.15, 0.2) is 24.3 Å². The third-order valence-corrected chi connectivity index (χ3v) is 1.81. The number of ether oxygens (including phenoxy) is 1. The molecule has 1 unspecified atom stereocenters. The zero-order valence-electron chi connectivity index (χ0n) is 8.37. The predicted molar refractivity (Wildman–Crippen MR) is 54.7 cm³/mol. The minimum Gasteiger partial charge on any atom is -0.458 e. The van der Waals surface area contributed by atoms with Crippen molar-refractivity contribution in [3.05, 3.63) is 35.6 Å². The fourth-order valence-corrected chi connectivity index (χ4v) is 1.08. The molecule has 0 amide bonds. The second-order valence-electron chi connectivity index (χ2n) is 3.10. The van der Waals surface area contributed by atoms with Gasteiger partial charge in [0.1, 0.15) is 11.9 Å². The molecular weight excluding hydrogens is 195 g/mol. The molecule has 1 aromatic carbocycles. The van der Waals surface area contributed by atoms with Crippen LogP contribution in [0, 0.1) is 18.2 Å². The first-order valence-corrected chi connectivity index (χ1v) is 4.54. The third-order valence-electron chi connectivity index (χ3n) is 1.81. The second-order valence-corrected chi connectivity index (χ2v) is 3.10. The molecule has 78 valence electrons. The molecule has 0 aromatic heterocycles. The van der Waals surface area contributed by atoms with Crippen LogP contribution in [0.25, 0.3) is 0 Å². The zero-order valence-corrected chi connectivity index (χ0v) is 8.37. The summed E-state index contributed by atoms with van der Waals surface area (Å²) in [5, 5.41) is 0. The molecule has 1 rings (SSSR count). The van der Waals surface area contributed by atoms with E-state index in [9.17, 15) is 9.18 Å². The summed E-state index contributed by atoms with van der Waals surface area (Å²) in [6.45, 7) is 1.67. The number of halogens is 1. The molecule has 0 N–H and O–H groups in total. The Balaban J connectivity index is 2.70. The maximum Gasteiger partial charge on any atom is 0.341 e. The molecule has 15 heavy (non-hydrogen) atoms. The Labute approximate surface area is 88.1 Å². The summed E-state index contributed by atoms with van der Waals surface area (Å²) in [6.07, 6.45) is 4.98. The lowest BCUT2D eigenvalue weighted by atomic mass is 10.2. The van der Waals surface area contributed by atoms with Crippen LogP contribution >= 0.6 is 0 Å². The average Bonchev–Trinajstić information content (AvgIpc) is 2.18. The van der Waals surface area contributed by atoms with Crippen LogP contribution < -0.4 is 0 Å². The van der Waals surface area contributed by atoms with Gasteiger partial charge in [0.05, 0.1) is 5.56 Å². The third kappa shape index (κ3) is 3.10. The summed E-state index contributed by atoms with van der Waals surface area (Å²) < 4.78 is 18.1. The van der Waals surface area contributed by atoms with E-state index in [1.807, 2.05) is 0 Å². The molecule has 3 heteroatoms. The molecule has 0 bridgehead atoms. The summed E-state index contributed by atoms with van der Waals surface area (Å²) >= 11 is 0. The van der Waals surface area contributed by atoms with Crippen molar-refractivity contribution in [1.82, 2.24) is 0 Å². The number of carbonyl (C=O) groups is 1. The van der Waals surface area contributed by atoms with E-state index < -0.39 is 17.9 Å². The Hall–Kier alpha value is -1.82. The summed E-state index contributed by atoms with van der Waals surface area (Å²) in [7, 11) is 0. The van der Waals surface area contributed by atoms with Crippen molar-refractivity contribution < 1.29 is 13.9 Å². The van der Waals surface area contributed by atoms with Gasteiger partial charge in [-0.1, -0.05) is 12.1 Å². The quantitative estimate of drug-likeness (QED) is 0.560. The van der Waals surface area contributed by atoms with E-state index in [1.165, 1.54) is 18.2 Å². The van der Waals surface area contributed by atoms with Gasteiger partial charge in [0.15, 0.2) is 0 Å². The highest BCUT2D eigenvalue weighted by Gasteiger charge is 2.14. The first-order chi connectivity index (χ1) is 7.15. The van der Waals surface area contributed by atoms with Crippen molar-refractivity contribution in [3.8, 4) is 12.3 Å². The molecule has 0 fully saturated rings. The van der Waals surface area contributed by atoms with Crippen LogP contribution in [0.2, 0.25) is 0 Å². The van der Waals surface area contributed by atoms with Gasteiger partial charge >= 0.3 is 5.97 Å². The maximum atomic E-state index is 13.1. The van der Waals surface area contributed by atoms with Gasteiger partial charge < -0.3 is 4.74 Å². The highest BCUT2D eigenvalue weighted by molar-refractivity contribution is 5.89. The van der Waals surface area contributed by atoms with Gasteiger partial charge in [0.2, 0.25) is 0 Å². The molecule has 0 aliphatic carbocycles. The standard InChI is InChI=1S/C12H11FO2/c1-3-6-9(2)15-12(14)10-7-4-5-8-11(10)13/h1,4-5,7-9H,6H2,2H3. The van der Waals surface area contributed by atoms with Crippen LogP contribution in [0.3, 0.4) is 0 Å². The lowest BCUT2D eigenvalue weighted by Gasteiger charge is -2.10. The Morgan fingerprint density at radius 3 is 2.87 bits per heavy atom.